The molecular weight excluding hydrogens is 252 g/mol. The predicted molar refractivity (Wildman–Crippen MR) is 53.2 cm³/mol. The van der Waals surface area contributed by atoms with Crippen LogP contribution in [-0.4, -0.2) is 26.2 Å². The van der Waals surface area contributed by atoms with Gasteiger partial charge in [-0.05, 0) is 22.0 Å². The molecule has 6 nitrogen and oxygen atoms in total. The first-order valence-electron chi connectivity index (χ1n) is 3.66. The Kier molecular flexibility index (Phi) is 2.08. The smallest absolute Gasteiger partial charge is 0.411 e. The molecule has 0 saturated heterocycles. The van der Waals surface area contributed by atoms with Gasteiger partial charge in [-0.2, -0.15) is 0 Å². The maximum atomic E-state index is 10.3. The molecule has 0 aliphatic rings. The van der Waals surface area contributed by atoms with Gasteiger partial charge < -0.3 is 10.1 Å². The largest absolute Gasteiger partial charge is 0.465 e. The Morgan fingerprint density at radius 3 is 3.14 bits per heavy atom. The predicted octanol–water partition coefficient (Wildman–Crippen LogP) is 1.81. The number of carboxylic acid groups (broad SMARTS) is 1. The van der Waals surface area contributed by atoms with Crippen LogP contribution >= 0.6 is 15.9 Å². The number of amides is 1. The minimum atomic E-state index is -1.16. The lowest BCUT2D eigenvalue weighted by atomic mass is 10.4. The fourth-order valence-corrected chi connectivity index (χ4v) is 1.38. The molecule has 0 fully saturated rings. The molecule has 0 saturated carbocycles. The maximum absolute atomic E-state index is 10.3. The zero-order valence-corrected chi connectivity index (χ0v) is 8.37. The zero-order valence-electron chi connectivity index (χ0n) is 6.78. The highest BCUT2D eigenvalue weighted by molar-refractivity contribution is 9.10. The molecule has 3 N–H and O–H groups in total. The molecule has 0 bridgehead atoms. The lowest BCUT2D eigenvalue weighted by molar-refractivity contribution is 0.209. The van der Waals surface area contributed by atoms with Gasteiger partial charge in [0.2, 0.25) is 5.95 Å². The van der Waals surface area contributed by atoms with Gasteiger partial charge in [-0.1, -0.05) is 0 Å². The summed E-state index contributed by atoms with van der Waals surface area (Å²) < 4.78 is 0.663. The first kappa shape index (κ1) is 8.95. The van der Waals surface area contributed by atoms with Crippen LogP contribution in [0.2, 0.25) is 0 Å². The molecule has 14 heavy (non-hydrogen) atoms. The van der Waals surface area contributed by atoms with Crippen molar-refractivity contribution in [2.45, 2.75) is 0 Å². The summed E-state index contributed by atoms with van der Waals surface area (Å²) in [6, 6.07) is 1.72. The average molecular weight is 257 g/mol. The highest BCUT2D eigenvalue weighted by atomic mass is 79.9. The van der Waals surface area contributed by atoms with Crippen molar-refractivity contribution in [3.8, 4) is 0 Å². The van der Waals surface area contributed by atoms with E-state index in [1.54, 1.807) is 12.3 Å². The number of halogens is 1. The van der Waals surface area contributed by atoms with Crippen LogP contribution < -0.4 is 5.32 Å². The number of hydrogen-bond acceptors (Lipinski definition) is 3. The SMILES string of the molecule is O=C(O)Nc1nc2cnc(Br)cc2[nH]1. The van der Waals surface area contributed by atoms with Crippen LogP contribution in [0, 0.1) is 0 Å². The number of nitrogens with one attached hydrogen (secondary N) is 2. The van der Waals surface area contributed by atoms with Gasteiger partial charge in [0.15, 0.2) is 0 Å². The summed E-state index contributed by atoms with van der Waals surface area (Å²) in [4.78, 5) is 21.0. The molecule has 0 unspecified atom stereocenters. The molecule has 2 aromatic heterocycles. The monoisotopic (exact) mass is 256 g/mol. The van der Waals surface area contributed by atoms with E-state index in [4.69, 9.17) is 5.11 Å². The van der Waals surface area contributed by atoms with Crippen molar-refractivity contribution in [2.75, 3.05) is 5.32 Å². The van der Waals surface area contributed by atoms with Crippen LogP contribution in [0.15, 0.2) is 16.9 Å². The minimum Gasteiger partial charge on any atom is -0.465 e. The fraction of sp³-hybridized carbons (Fsp3) is 0. The van der Waals surface area contributed by atoms with Crippen molar-refractivity contribution >= 4 is 39.0 Å². The van der Waals surface area contributed by atoms with Crippen LogP contribution in [0.5, 0.6) is 0 Å². The van der Waals surface area contributed by atoms with E-state index in [0.717, 1.165) is 5.52 Å². The summed E-state index contributed by atoms with van der Waals surface area (Å²) in [5.41, 5.74) is 1.33. The summed E-state index contributed by atoms with van der Waals surface area (Å²) in [6.07, 6.45) is 0.388. The van der Waals surface area contributed by atoms with Gasteiger partial charge in [-0.3, -0.25) is 5.32 Å². The quantitative estimate of drug-likeness (QED) is 0.679. The van der Waals surface area contributed by atoms with E-state index < -0.39 is 6.09 Å². The van der Waals surface area contributed by atoms with Crippen LogP contribution in [0.1, 0.15) is 0 Å². The summed E-state index contributed by atoms with van der Waals surface area (Å²) in [5, 5.41) is 10.6. The van der Waals surface area contributed by atoms with Crippen molar-refractivity contribution in [1.82, 2.24) is 15.0 Å². The van der Waals surface area contributed by atoms with Gasteiger partial charge in [0.25, 0.3) is 0 Å². The fourth-order valence-electron chi connectivity index (χ4n) is 1.05. The number of aromatic nitrogens is 3. The van der Waals surface area contributed by atoms with E-state index in [-0.39, 0.29) is 5.95 Å². The third kappa shape index (κ3) is 1.67. The normalized spacial score (nSPS) is 10.4. The zero-order chi connectivity index (χ0) is 10.1. The van der Waals surface area contributed by atoms with Gasteiger partial charge in [0.05, 0.1) is 11.7 Å². The first-order chi connectivity index (χ1) is 6.65. The lowest BCUT2D eigenvalue weighted by Gasteiger charge is -1.90. The molecule has 2 rings (SSSR count). The molecule has 0 atom stereocenters. The Balaban J connectivity index is 2.46. The molecule has 72 valence electrons. The molecule has 0 aromatic carbocycles. The molecule has 0 radical (unpaired) electrons. The Morgan fingerprint density at radius 2 is 2.43 bits per heavy atom. The van der Waals surface area contributed by atoms with E-state index in [9.17, 15) is 4.79 Å². The number of fused-ring (bicyclic) bond motifs is 1. The van der Waals surface area contributed by atoms with Crippen molar-refractivity contribution < 1.29 is 9.90 Å². The van der Waals surface area contributed by atoms with Gasteiger partial charge in [0, 0.05) is 0 Å². The molecular formula is C7H5BrN4O2. The topological polar surface area (TPSA) is 90.9 Å². The molecule has 2 heterocycles. The van der Waals surface area contributed by atoms with Crippen molar-refractivity contribution in [2.24, 2.45) is 0 Å². The summed E-state index contributed by atoms with van der Waals surface area (Å²) in [6.45, 7) is 0. The standard InChI is InChI=1S/C7H5BrN4O2/c8-5-1-3-4(2-9-5)11-6(10-3)12-7(13)14/h1-2H,(H,13,14)(H2,10,11,12). The average Bonchev–Trinajstić information content (AvgIpc) is 2.44. The number of nitrogens with zero attached hydrogens (tertiary/aromatic N) is 2. The second kappa shape index (κ2) is 3.26. The molecule has 1 amide bonds. The van der Waals surface area contributed by atoms with Crippen molar-refractivity contribution in [1.29, 1.82) is 0 Å². The third-order valence-corrected chi connectivity index (χ3v) is 1.99. The second-order valence-electron chi connectivity index (χ2n) is 2.54. The molecule has 7 heteroatoms. The third-order valence-electron chi connectivity index (χ3n) is 1.56. The maximum Gasteiger partial charge on any atom is 0.411 e. The van der Waals surface area contributed by atoms with E-state index in [2.05, 4.69) is 36.2 Å². The number of carbonyl (C=O) groups is 1. The molecule has 0 aliphatic carbocycles. The number of anilines is 1. The van der Waals surface area contributed by atoms with Crippen LogP contribution in [-0.2, 0) is 0 Å². The van der Waals surface area contributed by atoms with Crippen molar-refractivity contribution in [3.05, 3.63) is 16.9 Å². The molecule has 0 aliphatic heterocycles. The highest BCUT2D eigenvalue weighted by Crippen LogP contribution is 2.16. The Bertz CT molecular complexity index is 495. The number of hydrogen-bond donors (Lipinski definition) is 3. The van der Waals surface area contributed by atoms with E-state index in [0.29, 0.717) is 10.1 Å². The number of pyridine rings is 1. The van der Waals surface area contributed by atoms with Crippen LogP contribution in [0.4, 0.5) is 10.7 Å². The van der Waals surface area contributed by atoms with Gasteiger partial charge >= 0.3 is 6.09 Å². The highest BCUT2D eigenvalue weighted by Gasteiger charge is 2.05. The van der Waals surface area contributed by atoms with Gasteiger partial charge in [0.1, 0.15) is 10.1 Å². The van der Waals surface area contributed by atoms with E-state index in [1.807, 2.05) is 0 Å². The Labute approximate surface area is 86.5 Å². The first-order valence-corrected chi connectivity index (χ1v) is 4.45. The minimum absolute atomic E-state index is 0.187. The lowest BCUT2D eigenvalue weighted by Crippen LogP contribution is -2.08. The number of rotatable bonds is 1. The van der Waals surface area contributed by atoms with E-state index in [1.165, 1.54) is 0 Å². The Hall–Kier alpha value is -1.63. The Morgan fingerprint density at radius 1 is 1.64 bits per heavy atom. The van der Waals surface area contributed by atoms with E-state index >= 15 is 0 Å². The number of imidazole rings is 1. The van der Waals surface area contributed by atoms with Crippen LogP contribution in [0.3, 0.4) is 0 Å². The van der Waals surface area contributed by atoms with Crippen LogP contribution in [0.25, 0.3) is 11.0 Å². The number of aromatic amines is 1. The molecule has 2 aromatic rings. The van der Waals surface area contributed by atoms with Crippen molar-refractivity contribution in [3.63, 3.8) is 0 Å². The second-order valence-corrected chi connectivity index (χ2v) is 3.35. The molecule has 0 spiro atoms. The van der Waals surface area contributed by atoms with Gasteiger partial charge in [-0.15, -0.1) is 0 Å². The van der Waals surface area contributed by atoms with Gasteiger partial charge in [-0.25, -0.2) is 14.8 Å². The number of H-pyrrole nitrogens is 1. The summed E-state index contributed by atoms with van der Waals surface area (Å²) in [7, 11) is 0. The summed E-state index contributed by atoms with van der Waals surface area (Å²) in [5.74, 6) is 0.187. The summed E-state index contributed by atoms with van der Waals surface area (Å²) >= 11 is 3.20.